The Kier molecular flexibility index (Phi) is 4.27. The molecular weight excluding hydrogens is 254 g/mol. The lowest BCUT2D eigenvalue weighted by atomic mass is 10.0. The number of nitrogens with zero attached hydrogens (tertiary/aromatic N) is 2. The maximum Gasteiger partial charge on any atom is 0.254 e. The van der Waals surface area contributed by atoms with Gasteiger partial charge in [0, 0.05) is 38.9 Å². The average Bonchev–Trinajstić information content (AvgIpc) is 2.45. The van der Waals surface area contributed by atoms with E-state index < -0.39 is 0 Å². The summed E-state index contributed by atoms with van der Waals surface area (Å²) in [5.41, 5.74) is 2.93. The molecule has 1 aromatic rings. The Bertz CT molecular complexity index is 526. The smallest absolute Gasteiger partial charge is 0.254 e. The molecule has 20 heavy (non-hydrogen) atoms. The van der Waals surface area contributed by atoms with E-state index in [2.05, 4.69) is 5.32 Å². The molecule has 0 unspecified atom stereocenters. The summed E-state index contributed by atoms with van der Waals surface area (Å²) in [5, 5.41) is 3.32. The molecule has 0 spiro atoms. The molecule has 0 saturated carbocycles. The van der Waals surface area contributed by atoms with Crippen molar-refractivity contribution >= 4 is 17.5 Å². The molecule has 0 atom stereocenters. The summed E-state index contributed by atoms with van der Waals surface area (Å²) in [6.07, 6.45) is 2.07. The minimum Gasteiger partial charge on any atom is -0.385 e. The van der Waals surface area contributed by atoms with Crippen LogP contribution in [0.15, 0.2) is 18.2 Å². The van der Waals surface area contributed by atoms with E-state index >= 15 is 0 Å². The average molecular weight is 275 g/mol. The molecule has 2 amide bonds. The number of hydrogen-bond donors (Lipinski definition) is 1. The van der Waals surface area contributed by atoms with Crippen LogP contribution >= 0.6 is 0 Å². The summed E-state index contributed by atoms with van der Waals surface area (Å²) in [5.74, 6) is -0.200. The molecule has 0 aliphatic carbocycles. The molecule has 5 nitrogen and oxygen atoms in total. The van der Waals surface area contributed by atoms with Crippen LogP contribution in [-0.4, -0.2) is 55.8 Å². The van der Waals surface area contributed by atoms with E-state index in [-0.39, 0.29) is 18.4 Å². The molecule has 1 aliphatic heterocycles. The zero-order valence-corrected chi connectivity index (χ0v) is 12.3. The summed E-state index contributed by atoms with van der Waals surface area (Å²) in [7, 11) is 5.03. The number of anilines is 1. The van der Waals surface area contributed by atoms with Gasteiger partial charge < -0.3 is 15.1 Å². The van der Waals surface area contributed by atoms with E-state index in [1.807, 2.05) is 18.2 Å². The maximum atomic E-state index is 12.3. The number of amides is 2. The molecular formula is C15H21N3O2. The molecule has 0 aromatic heterocycles. The maximum absolute atomic E-state index is 12.3. The molecule has 2 rings (SSSR count). The van der Waals surface area contributed by atoms with E-state index in [4.69, 9.17) is 0 Å². The highest BCUT2D eigenvalue weighted by Crippen LogP contribution is 2.23. The van der Waals surface area contributed by atoms with Gasteiger partial charge in [0.25, 0.3) is 5.91 Å². The first-order chi connectivity index (χ1) is 9.49. The molecule has 1 aromatic carbocycles. The summed E-state index contributed by atoms with van der Waals surface area (Å²) in [6.45, 7) is 1.08. The van der Waals surface area contributed by atoms with Crippen molar-refractivity contribution in [3.63, 3.8) is 0 Å². The van der Waals surface area contributed by atoms with Gasteiger partial charge in [-0.2, -0.15) is 0 Å². The Balaban J connectivity index is 2.10. The van der Waals surface area contributed by atoms with E-state index in [0.717, 1.165) is 25.1 Å². The molecule has 0 saturated heterocycles. The Labute approximate surface area is 119 Å². The number of benzene rings is 1. The van der Waals surface area contributed by atoms with Gasteiger partial charge in [-0.1, -0.05) is 0 Å². The molecule has 5 heteroatoms. The second-order valence-electron chi connectivity index (χ2n) is 5.35. The predicted molar refractivity (Wildman–Crippen MR) is 78.9 cm³/mol. The zero-order chi connectivity index (χ0) is 14.7. The van der Waals surface area contributed by atoms with Crippen LogP contribution in [0.4, 0.5) is 5.69 Å². The first kappa shape index (κ1) is 14.4. The third kappa shape index (κ3) is 3.10. The molecule has 0 fully saturated rings. The van der Waals surface area contributed by atoms with Crippen molar-refractivity contribution < 1.29 is 9.59 Å². The lowest BCUT2D eigenvalue weighted by Crippen LogP contribution is -2.37. The number of likely N-dealkylation sites (N-methyl/N-ethyl adjacent to an activating group) is 2. The lowest BCUT2D eigenvalue weighted by molar-refractivity contribution is -0.129. The van der Waals surface area contributed by atoms with Crippen LogP contribution in [0.2, 0.25) is 0 Å². The van der Waals surface area contributed by atoms with Crippen molar-refractivity contribution in [2.24, 2.45) is 0 Å². The van der Waals surface area contributed by atoms with Gasteiger partial charge in [0.05, 0.1) is 6.54 Å². The number of nitrogens with one attached hydrogen (secondary N) is 1. The highest BCUT2D eigenvalue weighted by molar-refractivity contribution is 5.96. The Morgan fingerprint density at radius 1 is 1.25 bits per heavy atom. The second-order valence-corrected chi connectivity index (χ2v) is 5.35. The quantitative estimate of drug-likeness (QED) is 0.902. The van der Waals surface area contributed by atoms with Crippen molar-refractivity contribution in [3.8, 4) is 0 Å². The van der Waals surface area contributed by atoms with Crippen LogP contribution in [0.3, 0.4) is 0 Å². The van der Waals surface area contributed by atoms with Gasteiger partial charge in [-0.05, 0) is 36.6 Å². The summed E-state index contributed by atoms with van der Waals surface area (Å²) >= 11 is 0. The van der Waals surface area contributed by atoms with Crippen molar-refractivity contribution in [3.05, 3.63) is 29.3 Å². The van der Waals surface area contributed by atoms with Crippen molar-refractivity contribution in [1.29, 1.82) is 0 Å². The number of aryl methyl sites for hydroxylation is 1. The molecule has 1 aliphatic rings. The van der Waals surface area contributed by atoms with Crippen LogP contribution in [-0.2, 0) is 11.2 Å². The lowest BCUT2D eigenvalue weighted by Gasteiger charge is -2.21. The van der Waals surface area contributed by atoms with Crippen LogP contribution < -0.4 is 5.32 Å². The third-order valence-electron chi connectivity index (χ3n) is 3.51. The van der Waals surface area contributed by atoms with Crippen LogP contribution in [0, 0.1) is 0 Å². The van der Waals surface area contributed by atoms with Crippen molar-refractivity contribution in [1.82, 2.24) is 9.80 Å². The van der Waals surface area contributed by atoms with E-state index in [0.29, 0.717) is 5.56 Å². The van der Waals surface area contributed by atoms with Gasteiger partial charge >= 0.3 is 0 Å². The molecule has 1 N–H and O–H groups in total. The van der Waals surface area contributed by atoms with Gasteiger partial charge in [0.2, 0.25) is 5.91 Å². The first-order valence-electron chi connectivity index (χ1n) is 6.81. The highest BCUT2D eigenvalue weighted by Gasteiger charge is 2.18. The Morgan fingerprint density at radius 2 is 2.00 bits per heavy atom. The fourth-order valence-corrected chi connectivity index (χ4v) is 2.24. The van der Waals surface area contributed by atoms with Crippen LogP contribution in [0.1, 0.15) is 22.3 Å². The monoisotopic (exact) mass is 275 g/mol. The summed E-state index contributed by atoms with van der Waals surface area (Å²) in [6, 6.07) is 5.69. The number of fused-ring (bicyclic) bond motifs is 1. The largest absolute Gasteiger partial charge is 0.385 e. The number of rotatable bonds is 3. The van der Waals surface area contributed by atoms with Gasteiger partial charge in [-0.15, -0.1) is 0 Å². The van der Waals surface area contributed by atoms with Crippen molar-refractivity contribution in [2.45, 2.75) is 12.8 Å². The topological polar surface area (TPSA) is 52.7 Å². The molecule has 0 radical (unpaired) electrons. The summed E-state index contributed by atoms with van der Waals surface area (Å²) in [4.78, 5) is 26.9. The normalized spacial score (nSPS) is 13.2. The number of hydrogen-bond acceptors (Lipinski definition) is 3. The fraction of sp³-hybridized carbons (Fsp3) is 0.467. The number of carbonyl (C=O) groups is 2. The Morgan fingerprint density at radius 3 is 2.70 bits per heavy atom. The standard InChI is InChI=1S/C15H21N3O2/c1-17(2)14(19)10-18(3)15(20)12-6-7-13-11(9-12)5-4-8-16-13/h6-7,9,16H,4-5,8,10H2,1-3H3. The SMILES string of the molecule is CN(C)C(=O)CN(C)C(=O)c1ccc2c(c1)CCCN2. The van der Waals surface area contributed by atoms with Crippen LogP contribution in [0.5, 0.6) is 0 Å². The minimum absolute atomic E-state index is 0.0829. The molecule has 0 bridgehead atoms. The first-order valence-corrected chi connectivity index (χ1v) is 6.81. The Hall–Kier alpha value is -2.04. The predicted octanol–water partition coefficient (Wildman–Crippen LogP) is 1.20. The number of carbonyl (C=O) groups excluding carboxylic acids is 2. The van der Waals surface area contributed by atoms with Crippen molar-refractivity contribution in [2.75, 3.05) is 39.5 Å². The molecule has 1 heterocycles. The molecule has 108 valence electrons. The highest BCUT2D eigenvalue weighted by atomic mass is 16.2. The third-order valence-corrected chi connectivity index (χ3v) is 3.51. The van der Waals surface area contributed by atoms with Crippen LogP contribution in [0.25, 0.3) is 0 Å². The van der Waals surface area contributed by atoms with Gasteiger partial charge in [0.1, 0.15) is 0 Å². The fourth-order valence-electron chi connectivity index (χ4n) is 2.24. The van der Waals surface area contributed by atoms with E-state index in [1.54, 1.807) is 21.1 Å². The minimum atomic E-state index is -0.117. The van der Waals surface area contributed by atoms with Gasteiger partial charge in [-0.3, -0.25) is 9.59 Å². The van der Waals surface area contributed by atoms with Gasteiger partial charge in [0.15, 0.2) is 0 Å². The zero-order valence-electron chi connectivity index (χ0n) is 12.3. The second kappa shape index (κ2) is 5.94. The van der Waals surface area contributed by atoms with Gasteiger partial charge in [-0.25, -0.2) is 0 Å². The van der Waals surface area contributed by atoms with E-state index in [1.165, 1.54) is 15.4 Å². The van der Waals surface area contributed by atoms with E-state index in [9.17, 15) is 9.59 Å². The summed E-state index contributed by atoms with van der Waals surface area (Å²) < 4.78 is 0.